The van der Waals surface area contributed by atoms with Crippen LogP contribution in [-0.4, -0.2) is 19.7 Å². The van der Waals surface area contributed by atoms with Crippen molar-refractivity contribution in [3.63, 3.8) is 0 Å². The van der Waals surface area contributed by atoms with Crippen molar-refractivity contribution in [3.05, 3.63) is 65.9 Å². The lowest BCUT2D eigenvalue weighted by Gasteiger charge is -2.17. The van der Waals surface area contributed by atoms with Gasteiger partial charge in [-0.15, -0.1) is 0 Å². The minimum absolute atomic E-state index is 0.0460. The highest BCUT2D eigenvalue weighted by Crippen LogP contribution is 2.27. The molecule has 1 atom stereocenters. The standard InChI is InChI=1S/C19H20N2O2S/c1-13-4-9-18-17(12-13)19(10-11-20-18)21-14(2)15-5-7-16(8-6-15)24(3,22)23/h4-12,14H,1-3H3,(H,20,21). The highest BCUT2D eigenvalue weighted by atomic mass is 32.2. The summed E-state index contributed by atoms with van der Waals surface area (Å²) in [7, 11) is -3.17. The second-order valence-corrected chi connectivity index (χ2v) is 8.10. The molecule has 1 aromatic heterocycles. The van der Waals surface area contributed by atoms with E-state index in [2.05, 4.69) is 30.2 Å². The smallest absolute Gasteiger partial charge is 0.175 e. The van der Waals surface area contributed by atoms with Gasteiger partial charge in [0.2, 0.25) is 0 Å². The number of sulfone groups is 1. The SMILES string of the molecule is Cc1ccc2nccc(NC(C)c3ccc(S(C)(=O)=O)cc3)c2c1. The van der Waals surface area contributed by atoms with E-state index < -0.39 is 9.84 Å². The average Bonchev–Trinajstić information content (AvgIpc) is 2.54. The molecule has 0 spiro atoms. The first kappa shape index (κ1) is 16.5. The zero-order valence-corrected chi connectivity index (χ0v) is 14.8. The van der Waals surface area contributed by atoms with Gasteiger partial charge in [0.25, 0.3) is 0 Å². The Kier molecular flexibility index (Phi) is 4.28. The van der Waals surface area contributed by atoms with Gasteiger partial charge in [-0.25, -0.2) is 8.42 Å². The van der Waals surface area contributed by atoms with Crippen LogP contribution in [0.4, 0.5) is 5.69 Å². The van der Waals surface area contributed by atoms with Crippen LogP contribution in [0.5, 0.6) is 0 Å². The van der Waals surface area contributed by atoms with Gasteiger partial charge in [0.15, 0.2) is 9.84 Å². The zero-order chi connectivity index (χ0) is 17.3. The number of aryl methyl sites for hydroxylation is 1. The van der Waals surface area contributed by atoms with E-state index in [1.807, 2.05) is 30.3 Å². The second kappa shape index (κ2) is 6.24. The van der Waals surface area contributed by atoms with Gasteiger partial charge in [-0.1, -0.05) is 23.8 Å². The summed E-state index contributed by atoms with van der Waals surface area (Å²) in [5.41, 5.74) is 4.18. The first-order valence-electron chi connectivity index (χ1n) is 7.76. The second-order valence-electron chi connectivity index (χ2n) is 6.09. The average molecular weight is 340 g/mol. The van der Waals surface area contributed by atoms with E-state index in [4.69, 9.17) is 0 Å². The Labute approximate surface area is 142 Å². The van der Waals surface area contributed by atoms with Crippen LogP contribution in [0.15, 0.2) is 59.6 Å². The van der Waals surface area contributed by atoms with Crippen LogP contribution in [-0.2, 0) is 9.84 Å². The topological polar surface area (TPSA) is 59.1 Å². The number of pyridine rings is 1. The van der Waals surface area contributed by atoms with Gasteiger partial charge in [-0.3, -0.25) is 4.98 Å². The van der Waals surface area contributed by atoms with Crippen LogP contribution in [0.25, 0.3) is 10.9 Å². The molecule has 0 bridgehead atoms. The third kappa shape index (κ3) is 3.41. The van der Waals surface area contributed by atoms with Crippen molar-refractivity contribution in [1.82, 2.24) is 4.98 Å². The van der Waals surface area contributed by atoms with Gasteiger partial charge in [-0.05, 0) is 49.7 Å². The molecular formula is C19H20N2O2S. The summed E-state index contributed by atoms with van der Waals surface area (Å²) < 4.78 is 23.1. The van der Waals surface area contributed by atoms with Crippen molar-refractivity contribution >= 4 is 26.4 Å². The molecular weight excluding hydrogens is 320 g/mol. The first-order valence-corrected chi connectivity index (χ1v) is 9.66. The highest BCUT2D eigenvalue weighted by molar-refractivity contribution is 7.90. The van der Waals surface area contributed by atoms with E-state index in [9.17, 15) is 8.42 Å². The molecule has 3 aromatic rings. The van der Waals surface area contributed by atoms with E-state index in [1.54, 1.807) is 18.3 Å². The summed E-state index contributed by atoms with van der Waals surface area (Å²) >= 11 is 0. The number of fused-ring (bicyclic) bond motifs is 1. The maximum Gasteiger partial charge on any atom is 0.175 e. The van der Waals surface area contributed by atoms with Crippen LogP contribution in [0.3, 0.4) is 0 Å². The molecule has 2 aromatic carbocycles. The predicted octanol–water partition coefficient (Wildman–Crippen LogP) is 4.12. The Morgan fingerprint density at radius 1 is 1.04 bits per heavy atom. The molecule has 1 unspecified atom stereocenters. The largest absolute Gasteiger partial charge is 0.378 e. The molecule has 0 aliphatic carbocycles. The Bertz CT molecular complexity index is 980. The maximum absolute atomic E-state index is 11.6. The molecule has 0 aliphatic heterocycles. The van der Waals surface area contributed by atoms with Crippen molar-refractivity contribution < 1.29 is 8.42 Å². The Balaban J connectivity index is 1.90. The summed E-state index contributed by atoms with van der Waals surface area (Å²) in [5.74, 6) is 0. The zero-order valence-electron chi connectivity index (χ0n) is 13.9. The Morgan fingerprint density at radius 3 is 2.42 bits per heavy atom. The number of nitrogens with zero attached hydrogens (tertiary/aromatic N) is 1. The van der Waals surface area contributed by atoms with Crippen LogP contribution in [0.2, 0.25) is 0 Å². The van der Waals surface area contributed by atoms with E-state index in [0.717, 1.165) is 22.2 Å². The predicted molar refractivity (Wildman–Crippen MR) is 98.1 cm³/mol. The van der Waals surface area contributed by atoms with Crippen molar-refractivity contribution in [2.75, 3.05) is 11.6 Å². The molecule has 24 heavy (non-hydrogen) atoms. The fraction of sp³-hybridized carbons (Fsp3) is 0.211. The van der Waals surface area contributed by atoms with E-state index >= 15 is 0 Å². The molecule has 5 heteroatoms. The van der Waals surface area contributed by atoms with Gasteiger partial charge >= 0.3 is 0 Å². The van der Waals surface area contributed by atoms with Crippen LogP contribution in [0.1, 0.15) is 24.1 Å². The van der Waals surface area contributed by atoms with Crippen LogP contribution in [0, 0.1) is 6.92 Å². The van der Waals surface area contributed by atoms with Crippen molar-refractivity contribution in [3.8, 4) is 0 Å². The van der Waals surface area contributed by atoms with Crippen molar-refractivity contribution in [2.24, 2.45) is 0 Å². The molecule has 0 saturated heterocycles. The summed E-state index contributed by atoms with van der Waals surface area (Å²) in [6.45, 7) is 4.11. The van der Waals surface area contributed by atoms with Crippen molar-refractivity contribution in [1.29, 1.82) is 0 Å². The van der Waals surface area contributed by atoms with E-state index in [1.165, 1.54) is 11.8 Å². The van der Waals surface area contributed by atoms with Gasteiger partial charge in [0.05, 0.1) is 10.4 Å². The number of anilines is 1. The quantitative estimate of drug-likeness (QED) is 0.776. The van der Waals surface area contributed by atoms with Gasteiger partial charge < -0.3 is 5.32 Å². The van der Waals surface area contributed by atoms with E-state index in [-0.39, 0.29) is 6.04 Å². The molecule has 0 saturated carbocycles. The lowest BCUT2D eigenvalue weighted by Crippen LogP contribution is -2.07. The summed E-state index contributed by atoms with van der Waals surface area (Å²) in [6.07, 6.45) is 3.01. The van der Waals surface area contributed by atoms with Crippen LogP contribution >= 0.6 is 0 Å². The first-order chi connectivity index (χ1) is 11.3. The molecule has 124 valence electrons. The van der Waals surface area contributed by atoms with Gasteiger partial charge in [0.1, 0.15) is 0 Å². The molecule has 1 N–H and O–H groups in total. The van der Waals surface area contributed by atoms with Gasteiger partial charge in [0, 0.05) is 29.6 Å². The molecule has 3 rings (SSSR count). The third-order valence-electron chi connectivity index (χ3n) is 4.08. The van der Waals surface area contributed by atoms with Crippen LogP contribution < -0.4 is 5.32 Å². The minimum atomic E-state index is -3.17. The summed E-state index contributed by atoms with van der Waals surface area (Å²) in [4.78, 5) is 4.73. The Hall–Kier alpha value is -2.40. The third-order valence-corrected chi connectivity index (χ3v) is 5.21. The fourth-order valence-electron chi connectivity index (χ4n) is 2.71. The monoisotopic (exact) mass is 340 g/mol. The van der Waals surface area contributed by atoms with E-state index in [0.29, 0.717) is 4.90 Å². The number of hydrogen-bond acceptors (Lipinski definition) is 4. The van der Waals surface area contributed by atoms with Crippen molar-refractivity contribution in [2.45, 2.75) is 24.8 Å². The number of rotatable bonds is 4. The number of aromatic nitrogens is 1. The number of nitrogens with one attached hydrogen (secondary N) is 1. The number of hydrogen-bond donors (Lipinski definition) is 1. The number of benzene rings is 2. The maximum atomic E-state index is 11.6. The molecule has 1 heterocycles. The molecule has 4 nitrogen and oxygen atoms in total. The summed E-state index contributed by atoms with van der Waals surface area (Å²) in [5, 5.41) is 4.58. The normalized spacial score (nSPS) is 13.0. The molecule has 0 fully saturated rings. The molecule has 0 aliphatic rings. The highest BCUT2D eigenvalue weighted by Gasteiger charge is 2.11. The van der Waals surface area contributed by atoms with Gasteiger partial charge in [-0.2, -0.15) is 0 Å². The lowest BCUT2D eigenvalue weighted by atomic mass is 10.1. The molecule has 0 radical (unpaired) electrons. The summed E-state index contributed by atoms with van der Waals surface area (Å²) in [6, 6.07) is 15.2. The fourth-order valence-corrected chi connectivity index (χ4v) is 3.34. The minimum Gasteiger partial charge on any atom is -0.378 e. The lowest BCUT2D eigenvalue weighted by molar-refractivity contribution is 0.602. The molecule has 0 amide bonds. The Morgan fingerprint density at radius 2 is 1.75 bits per heavy atom.